The van der Waals surface area contributed by atoms with Crippen molar-refractivity contribution < 1.29 is 34.8 Å². The number of hydrogen-bond donors (Lipinski definition) is 4. The second-order valence-electron chi connectivity index (χ2n) is 9.73. The van der Waals surface area contributed by atoms with E-state index in [9.17, 15) is 19.8 Å². The van der Waals surface area contributed by atoms with Gasteiger partial charge < -0.3 is 25.2 Å². The maximum atomic E-state index is 12.5. The van der Waals surface area contributed by atoms with E-state index >= 15 is 0 Å². The topological polar surface area (TPSA) is 124 Å². The lowest BCUT2D eigenvalue weighted by Crippen LogP contribution is -2.40. The van der Waals surface area contributed by atoms with Crippen LogP contribution in [0.3, 0.4) is 0 Å². The van der Waals surface area contributed by atoms with Gasteiger partial charge in [-0.05, 0) is 12.8 Å². The summed E-state index contributed by atoms with van der Waals surface area (Å²) in [6, 6.07) is 0. The Morgan fingerprint density at radius 3 is 1.31 bits per heavy atom. The summed E-state index contributed by atoms with van der Waals surface area (Å²) in [4.78, 5) is 24.6. The number of carbonyl (C=O) groups excluding carboxylic acids is 2. The molecule has 0 aromatic carbocycles. The first-order valence-electron chi connectivity index (χ1n) is 14.7. The van der Waals surface area contributed by atoms with Crippen LogP contribution in [0.1, 0.15) is 142 Å². The monoisotopic (exact) mass is 518 g/mol. The minimum absolute atomic E-state index is 0.125. The number of ether oxygens (including phenoxy) is 1. The molecule has 0 heterocycles. The Balaban J connectivity index is 0. The highest BCUT2D eigenvalue weighted by Crippen LogP contribution is 2.15. The van der Waals surface area contributed by atoms with E-state index in [1.54, 1.807) is 0 Å². The zero-order valence-corrected chi connectivity index (χ0v) is 23.4. The Morgan fingerprint density at radius 1 is 0.583 bits per heavy atom. The van der Waals surface area contributed by atoms with Crippen LogP contribution in [0.2, 0.25) is 0 Å². The van der Waals surface area contributed by atoms with Crippen LogP contribution in [-0.2, 0) is 14.3 Å². The average Bonchev–Trinajstić information content (AvgIpc) is 2.89. The quantitative estimate of drug-likeness (QED) is 0.0911. The fraction of sp³-hybridized carbons (Fsp3) is 0.931. The normalized spacial score (nSPS) is 12.5. The third kappa shape index (κ3) is 26.1. The van der Waals surface area contributed by atoms with Gasteiger partial charge in [-0.3, -0.25) is 9.59 Å². The van der Waals surface area contributed by atoms with E-state index < -0.39 is 24.8 Å². The standard InChI is InChI=1S/C27H52O5.C2H6O2/c1-3-5-7-9-11-13-15-17-19-21-24(29)27(25(30)23-28)32-26(31)22-20-18-16-14-12-10-8-6-4-2;3-1-2-4/h25,27-28,30H,3-23H2,1-2H3;3-4H,1-2H2. The van der Waals surface area contributed by atoms with Gasteiger partial charge in [-0.2, -0.15) is 0 Å². The van der Waals surface area contributed by atoms with E-state index in [0.29, 0.717) is 0 Å². The first-order valence-corrected chi connectivity index (χ1v) is 14.7. The van der Waals surface area contributed by atoms with Crippen LogP contribution in [0.15, 0.2) is 0 Å². The predicted molar refractivity (Wildman–Crippen MR) is 146 cm³/mol. The third-order valence-corrected chi connectivity index (χ3v) is 6.22. The maximum absolute atomic E-state index is 12.5. The largest absolute Gasteiger partial charge is 0.451 e. The zero-order chi connectivity index (χ0) is 27.3. The van der Waals surface area contributed by atoms with Crippen molar-refractivity contribution in [1.29, 1.82) is 0 Å². The molecule has 0 aromatic heterocycles. The molecule has 4 N–H and O–H groups in total. The van der Waals surface area contributed by atoms with Crippen LogP contribution < -0.4 is 0 Å². The predicted octanol–water partition coefficient (Wildman–Crippen LogP) is 5.63. The van der Waals surface area contributed by atoms with Gasteiger partial charge >= 0.3 is 5.97 Å². The molecule has 0 amide bonds. The van der Waals surface area contributed by atoms with Gasteiger partial charge in [-0.1, -0.05) is 117 Å². The molecule has 7 heteroatoms. The number of unbranched alkanes of at least 4 members (excludes halogenated alkanes) is 16. The number of aliphatic hydroxyl groups is 4. The van der Waals surface area contributed by atoms with Gasteiger partial charge in [-0.25, -0.2) is 0 Å². The van der Waals surface area contributed by atoms with E-state index in [1.807, 2.05) is 0 Å². The summed E-state index contributed by atoms with van der Waals surface area (Å²) in [5, 5.41) is 34.5. The summed E-state index contributed by atoms with van der Waals surface area (Å²) in [5.41, 5.74) is 0. The highest BCUT2D eigenvalue weighted by molar-refractivity contribution is 5.86. The summed E-state index contributed by atoms with van der Waals surface area (Å²) in [6.07, 6.45) is 18.8. The summed E-state index contributed by atoms with van der Waals surface area (Å²) >= 11 is 0. The number of hydrogen-bond acceptors (Lipinski definition) is 7. The highest BCUT2D eigenvalue weighted by Gasteiger charge is 2.29. The Bertz CT molecular complexity index is 469. The molecule has 0 saturated heterocycles. The maximum Gasteiger partial charge on any atom is 0.306 e. The fourth-order valence-electron chi connectivity index (χ4n) is 3.99. The highest BCUT2D eigenvalue weighted by atomic mass is 16.6. The van der Waals surface area contributed by atoms with Gasteiger partial charge in [0.1, 0.15) is 6.10 Å². The molecule has 0 aromatic rings. The van der Waals surface area contributed by atoms with Crippen molar-refractivity contribution in [3.8, 4) is 0 Å². The van der Waals surface area contributed by atoms with Crippen molar-refractivity contribution in [3.05, 3.63) is 0 Å². The van der Waals surface area contributed by atoms with Gasteiger partial charge in [0.15, 0.2) is 11.9 Å². The van der Waals surface area contributed by atoms with Crippen molar-refractivity contribution in [3.63, 3.8) is 0 Å². The van der Waals surface area contributed by atoms with Crippen molar-refractivity contribution in [2.24, 2.45) is 0 Å². The lowest BCUT2D eigenvalue weighted by Gasteiger charge is -2.20. The van der Waals surface area contributed by atoms with E-state index in [4.69, 9.17) is 14.9 Å². The van der Waals surface area contributed by atoms with Gasteiger partial charge in [0, 0.05) is 12.8 Å². The fourth-order valence-corrected chi connectivity index (χ4v) is 3.99. The summed E-state index contributed by atoms with van der Waals surface area (Å²) in [7, 11) is 0. The Morgan fingerprint density at radius 2 is 0.944 bits per heavy atom. The van der Waals surface area contributed by atoms with Crippen molar-refractivity contribution >= 4 is 11.8 Å². The molecular weight excluding hydrogens is 460 g/mol. The molecule has 36 heavy (non-hydrogen) atoms. The number of ketones is 1. The molecule has 2 unspecified atom stereocenters. The number of rotatable bonds is 25. The summed E-state index contributed by atoms with van der Waals surface area (Å²) in [5.74, 6) is -0.735. The Kier molecular flexibility index (Phi) is 31.2. The molecule has 0 spiro atoms. The van der Waals surface area contributed by atoms with Crippen LogP contribution in [0.25, 0.3) is 0 Å². The van der Waals surface area contributed by atoms with Gasteiger partial charge in [0.05, 0.1) is 19.8 Å². The Labute approximate surface area is 221 Å². The van der Waals surface area contributed by atoms with Crippen LogP contribution >= 0.6 is 0 Å². The molecular formula is C29H58O7. The minimum atomic E-state index is -1.34. The smallest absolute Gasteiger partial charge is 0.306 e. The first kappa shape index (κ1) is 37.1. The molecule has 0 fully saturated rings. The van der Waals surface area contributed by atoms with Gasteiger partial charge in [-0.15, -0.1) is 0 Å². The molecule has 0 rings (SSSR count). The summed E-state index contributed by atoms with van der Waals surface area (Å²) < 4.78 is 5.27. The lowest BCUT2D eigenvalue weighted by atomic mass is 10.0. The molecule has 7 nitrogen and oxygen atoms in total. The van der Waals surface area contributed by atoms with E-state index in [1.165, 1.54) is 77.0 Å². The SMILES string of the molecule is CCCCCCCCCCCC(=O)OC(C(=O)CCCCCCCCCCC)C(O)CO.OCCO. The molecule has 2 atom stereocenters. The Hall–Kier alpha value is -1.02. The number of esters is 1. The molecule has 0 aliphatic rings. The van der Waals surface area contributed by atoms with Crippen molar-refractivity contribution in [1.82, 2.24) is 0 Å². The van der Waals surface area contributed by atoms with E-state index in [-0.39, 0.29) is 31.8 Å². The van der Waals surface area contributed by atoms with Gasteiger partial charge in [0.25, 0.3) is 0 Å². The third-order valence-electron chi connectivity index (χ3n) is 6.22. The van der Waals surface area contributed by atoms with E-state index in [0.717, 1.165) is 38.5 Å². The average molecular weight is 519 g/mol. The minimum Gasteiger partial charge on any atom is -0.451 e. The van der Waals surface area contributed by atoms with Crippen LogP contribution in [0.5, 0.6) is 0 Å². The van der Waals surface area contributed by atoms with Gasteiger partial charge in [0.2, 0.25) is 0 Å². The number of Topliss-reactive ketones (excluding diaryl/α,β-unsaturated/α-hetero) is 1. The molecule has 0 bridgehead atoms. The molecule has 0 radical (unpaired) electrons. The van der Waals surface area contributed by atoms with Crippen LogP contribution in [0, 0.1) is 0 Å². The molecule has 0 saturated carbocycles. The second-order valence-corrected chi connectivity index (χ2v) is 9.73. The first-order chi connectivity index (χ1) is 17.5. The van der Waals surface area contributed by atoms with Crippen LogP contribution in [0.4, 0.5) is 0 Å². The summed E-state index contributed by atoms with van der Waals surface area (Å²) in [6.45, 7) is 3.60. The van der Waals surface area contributed by atoms with Crippen molar-refractivity contribution in [2.75, 3.05) is 19.8 Å². The molecule has 0 aliphatic carbocycles. The number of carbonyl (C=O) groups is 2. The van der Waals surface area contributed by atoms with Crippen LogP contribution in [-0.4, -0.2) is 64.2 Å². The van der Waals surface area contributed by atoms with Crippen molar-refractivity contribution in [2.45, 2.75) is 154 Å². The van der Waals surface area contributed by atoms with E-state index in [2.05, 4.69) is 13.8 Å². The number of aliphatic hydroxyl groups excluding tert-OH is 4. The molecule has 216 valence electrons. The zero-order valence-electron chi connectivity index (χ0n) is 23.4. The second kappa shape index (κ2) is 30.2. The molecule has 0 aliphatic heterocycles. The lowest BCUT2D eigenvalue weighted by molar-refractivity contribution is -0.163.